The highest BCUT2D eigenvalue weighted by Gasteiger charge is 2.19. The topological polar surface area (TPSA) is 80.1 Å². The van der Waals surface area contributed by atoms with E-state index in [0.29, 0.717) is 10.7 Å². The minimum atomic E-state index is -0.408. The molecular formula is C20H20ClN5O2. The average molecular weight is 398 g/mol. The van der Waals surface area contributed by atoms with Gasteiger partial charge < -0.3 is 10.2 Å². The molecular weight excluding hydrogens is 378 g/mol. The Morgan fingerprint density at radius 3 is 2.64 bits per heavy atom. The van der Waals surface area contributed by atoms with Gasteiger partial charge >= 0.3 is 0 Å². The number of nitrogens with one attached hydrogen (secondary N) is 1. The maximum absolute atomic E-state index is 12.6. The molecule has 2 amide bonds. The number of hydrogen-bond acceptors (Lipinski definition) is 4. The number of likely N-dealkylation sites (N-methyl/N-ethyl adjacent to an activating group) is 1. The summed E-state index contributed by atoms with van der Waals surface area (Å²) in [5.74, 6) is -0.697. The third-order valence-electron chi connectivity index (χ3n) is 4.42. The van der Waals surface area contributed by atoms with Crippen molar-refractivity contribution in [2.24, 2.45) is 0 Å². The minimum absolute atomic E-state index is 0.106. The van der Waals surface area contributed by atoms with E-state index in [1.807, 2.05) is 38.1 Å². The molecule has 28 heavy (non-hydrogen) atoms. The van der Waals surface area contributed by atoms with E-state index in [1.54, 1.807) is 25.2 Å². The van der Waals surface area contributed by atoms with E-state index < -0.39 is 5.91 Å². The molecule has 0 fully saturated rings. The number of anilines is 1. The molecule has 144 valence electrons. The van der Waals surface area contributed by atoms with E-state index in [1.165, 1.54) is 15.8 Å². The molecule has 0 spiro atoms. The number of benzene rings is 2. The lowest BCUT2D eigenvalue weighted by atomic mass is 10.1. The van der Waals surface area contributed by atoms with Gasteiger partial charge in [0.05, 0.1) is 23.5 Å². The van der Waals surface area contributed by atoms with Crippen LogP contribution in [-0.2, 0) is 4.79 Å². The number of amides is 2. The highest BCUT2D eigenvalue weighted by Crippen LogP contribution is 2.19. The molecule has 2 aromatic carbocycles. The van der Waals surface area contributed by atoms with Crippen molar-refractivity contribution in [3.8, 4) is 5.69 Å². The van der Waals surface area contributed by atoms with Gasteiger partial charge in [-0.2, -0.15) is 0 Å². The number of hydrogen-bond donors (Lipinski definition) is 1. The molecule has 0 radical (unpaired) electrons. The first-order valence-corrected chi connectivity index (χ1v) is 9.03. The quantitative estimate of drug-likeness (QED) is 0.716. The Morgan fingerprint density at radius 1 is 1.14 bits per heavy atom. The summed E-state index contributed by atoms with van der Waals surface area (Å²) in [5, 5.41) is 11.2. The molecule has 1 aromatic heterocycles. The van der Waals surface area contributed by atoms with Crippen molar-refractivity contribution in [3.05, 3.63) is 70.5 Å². The molecule has 1 heterocycles. The predicted molar refractivity (Wildman–Crippen MR) is 108 cm³/mol. The van der Waals surface area contributed by atoms with Crippen LogP contribution in [-0.4, -0.2) is 45.3 Å². The molecule has 7 nitrogen and oxygen atoms in total. The van der Waals surface area contributed by atoms with Gasteiger partial charge in [0.15, 0.2) is 5.69 Å². The number of aromatic nitrogens is 3. The lowest BCUT2D eigenvalue weighted by Crippen LogP contribution is -2.35. The summed E-state index contributed by atoms with van der Waals surface area (Å²) >= 11 is 6.14. The summed E-state index contributed by atoms with van der Waals surface area (Å²) in [6.07, 6.45) is 1.49. The van der Waals surface area contributed by atoms with E-state index in [-0.39, 0.29) is 18.1 Å². The molecule has 0 saturated carbocycles. The Balaban J connectivity index is 1.67. The molecule has 0 atom stereocenters. The van der Waals surface area contributed by atoms with Crippen LogP contribution < -0.4 is 5.32 Å². The van der Waals surface area contributed by atoms with Gasteiger partial charge in [-0.3, -0.25) is 9.59 Å². The van der Waals surface area contributed by atoms with Gasteiger partial charge in [-0.15, -0.1) is 5.10 Å². The van der Waals surface area contributed by atoms with Crippen LogP contribution in [0.4, 0.5) is 5.69 Å². The number of para-hydroxylation sites is 1. The number of halogens is 1. The second kappa shape index (κ2) is 8.22. The molecule has 0 saturated heterocycles. The lowest BCUT2D eigenvalue weighted by molar-refractivity contribution is -0.116. The van der Waals surface area contributed by atoms with Gasteiger partial charge in [-0.05, 0) is 43.2 Å². The van der Waals surface area contributed by atoms with Crippen LogP contribution in [0.3, 0.4) is 0 Å². The van der Waals surface area contributed by atoms with Crippen molar-refractivity contribution in [1.29, 1.82) is 0 Å². The number of carbonyl (C=O) groups excluding carboxylic acids is 2. The van der Waals surface area contributed by atoms with Crippen LogP contribution in [0, 0.1) is 13.8 Å². The second-order valence-corrected chi connectivity index (χ2v) is 6.86. The molecule has 0 aliphatic carbocycles. The van der Waals surface area contributed by atoms with Gasteiger partial charge in [0.1, 0.15) is 0 Å². The van der Waals surface area contributed by atoms with Gasteiger partial charge in [-0.1, -0.05) is 41.1 Å². The third kappa shape index (κ3) is 4.20. The van der Waals surface area contributed by atoms with Gasteiger partial charge in [0.25, 0.3) is 5.91 Å². The molecule has 3 rings (SSSR count). The van der Waals surface area contributed by atoms with Crippen LogP contribution >= 0.6 is 11.6 Å². The highest BCUT2D eigenvalue weighted by molar-refractivity contribution is 6.32. The molecule has 0 aliphatic rings. The lowest BCUT2D eigenvalue weighted by Gasteiger charge is -2.16. The zero-order chi connectivity index (χ0) is 20.3. The Bertz CT molecular complexity index is 1030. The first kappa shape index (κ1) is 19.6. The largest absolute Gasteiger partial charge is 0.331 e. The fourth-order valence-corrected chi connectivity index (χ4v) is 2.90. The van der Waals surface area contributed by atoms with Crippen LogP contribution in [0.2, 0.25) is 5.02 Å². The van der Waals surface area contributed by atoms with Gasteiger partial charge in [0.2, 0.25) is 5.91 Å². The van der Waals surface area contributed by atoms with E-state index >= 15 is 0 Å². The van der Waals surface area contributed by atoms with Crippen LogP contribution in [0.15, 0.2) is 48.7 Å². The predicted octanol–water partition coefficient (Wildman–Crippen LogP) is 3.25. The average Bonchev–Trinajstić information content (AvgIpc) is 3.15. The van der Waals surface area contributed by atoms with E-state index in [9.17, 15) is 9.59 Å². The van der Waals surface area contributed by atoms with E-state index in [0.717, 1.165) is 16.8 Å². The first-order chi connectivity index (χ1) is 13.4. The summed E-state index contributed by atoms with van der Waals surface area (Å²) in [6.45, 7) is 3.81. The SMILES string of the molecule is Cc1cccc(NC(=O)CN(C)C(=O)c2cn(-c3ccccc3Cl)nn2)c1C. The number of nitrogens with zero attached hydrogens (tertiary/aromatic N) is 4. The van der Waals surface area contributed by atoms with Crippen molar-refractivity contribution >= 4 is 29.1 Å². The van der Waals surface area contributed by atoms with Crippen LogP contribution in [0.5, 0.6) is 0 Å². The highest BCUT2D eigenvalue weighted by atomic mass is 35.5. The van der Waals surface area contributed by atoms with Crippen LogP contribution in [0.25, 0.3) is 5.69 Å². The van der Waals surface area contributed by atoms with Crippen LogP contribution in [0.1, 0.15) is 21.6 Å². The van der Waals surface area contributed by atoms with E-state index in [2.05, 4.69) is 15.6 Å². The van der Waals surface area contributed by atoms with Gasteiger partial charge in [-0.25, -0.2) is 4.68 Å². The second-order valence-electron chi connectivity index (χ2n) is 6.46. The van der Waals surface area contributed by atoms with Crippen molar-refractivity contribution in [3.63, 3.8) is 0 Å². The molecule has 3 aromatic rings. The smallest absolute Gasteiger partial charge is 0.276 e. The first-order valence-electron chi connectivity index (χ1n) is 8.65. The monoisotopic (exact) mass is 397 g/mol. The Hall–Kier alpha value is -3.19. The Morgan fingerprint density at radius 2 is 1.89 bits per heavy atom. The maximum atomic E-state index is 12.6. The normalized spacial score (nSPS) is 10.6. The number of rotatable bonds is 5. The number of aryl methyl sites for hydroxylation is 1. The minimum Gasteiger partial charge on any atom is -0.331 e. The Labute approximate surface area is 167 Å². The van der Waals surface area contributed by atoms with Gasteiger partial charge in [0, 0.05) is 12.7 Å². The maximum Gasteiger partial charge on any atom is 0.276 e. The third-order valence-corrected chi connectivity index (χ3v) is 4.74. The van der Waals surface area contributed by atoms with Crippen molar-refractivity contribution in [2.45, 2.75) is 13.8 Å². The summed E-state index contributed by atoms with van der Waals surface area (Å²) in [7, 11) is 1.54. The Kier molecular flexibility index (Phi) is 5.75. The standard InChI is InChI=1S/C20H20ClN5O2/c1-13-7-6-9-16(14(13)2)22-19(27)12-25(3)20(28)17-11-26(24-23-17)18-10-5-4-8-15(18)21/h4-11H,12H2,1-3H3,(H,22,27). The fraction of sp³-hybridized carbons (Fsp3) is 0.200. The zero-order valence-electron chi connectivity index (χ0n) is 15.8. The van der Waals surface area contributed by atoms with Crippen molar-refractivity contribution in [1.82, 2.24) is 19.9 Å². The molecule has 8 heteroatoms. The molecule has 0 unspecified atom stereocenters. The van der Waals surface area contributed by atoms with Crippen molar-refractivity contribution in [2.75, 3.05) is 18.9 Å². The zero-order valence-corrected chi connectivity index (χ0v) is 16.6. The molecule has 1 N–H and O–H groups in total. The molecule has 0 bridgehead atoms. The summed E-state index contributed by atoms with van der Waals surface area (Å²) in [6, 6.07) is 12.8. The summed E-state index contributed by atoms with van der Waals surface area (Å²) in [5.41, 5.74) is 3.55. The summed E-state index contributed by atoms with van der Waals surface area (Å²) < 4.78 is 1.43. The van der Waals surface area contributed by atoms with E-state index in [4.69, 9.17) is 11.6 Å². The van der Waals surface area contributed by atoms with Crippen molar-refractivity contribution < 1.29 is 9.59 Å². The summed E-state index contributed by atoms with van der Waals surface area (Å²) in [4.78, 5) is 26.2. The fourth-order valence-electron chi connectivity index (χ4n) is 2.68. The number of carbonyl (C=O) groups is 2. The molecule has 0 aliphatic heterocycles.